The number of ether oxygens (including phenoxy) is 1. The number of halogens is 1. The fraction of sp³-hybridized carbons (Fsp3) is 0.310. The van der Waals surface area contributed by atoms with Crippen LogP contribution >= 0.6 is 11.6 Å². The molecule has 3 aromatic rings. The number of sulfonamides is 1. The van der Waals surface area contributed by atoms with Gasteiger partial charge in [0.1, 0.15) is 18.3 Å². The van der Waals surface area contributed by atoms with E-state index in [4.69, 9.17) is 16.3 Å². The average Bonchev–Trinajstić information content (AvgIpc) is 2.92. The van der Waals surface area contributed by atoms with Crippen LogP contribution in [0.1, 0.15) is 31.9 Å². The summed E-state index contributed by atoms with van der Waals surface area (Å²) in [5.74, 6) is -0.238. The molecule has 1 N–H and O–H groups in total. The molecule has 10 heteroatoms. The number of carbonyl (C=O) groups excluding carboxylic acids is 2. The molecule has 3 aromatic carbocycles. The second-order valence-corrected chi connectivity index (χ2v) is 11.7. The highest BCUT2D eigenvalue weighted by Gasteiger charge is 2.33. The van der Waals surface area contributed by atoms with Crippen molar-refractivity contribution in [3.05, 3.63) is 88.9 Å². The van der Waals surface area contributed by atoms with Crippen LogP contribution in [0.5, 0.6) is 5.75 Å². The molecule has 0 unspecified atom stereocenters. The third kappa shape index (κ3) is 7.30. The average molecular weight is 572 g/mol. The number of carbonyl (C=O) groups is 2. The number of nitrogens with zero attached hydrogens (tertiary/aromatic N) is 2. The van der Waals surface area contributed by atoms with Gasteiger partial charge in [-0.15, -0.1) is 0 Å². The van der Waals surface area contributed by atoms with Gasteiger partial charge in [0.05, 0.1) is 17.7 Å². The highest BCUT2D eigenvalue weighted by atomic mass is 35.5. The quantitative estimate of drug-likeness (QED) is 0.357. The number of anilines is 1. The van der Waals surface area contributed by atoms with Crippen molar-refractivity contribution in [2.24, 2.45) is 0 Å². The molecule has 0 spiro atoms. The van der Waals surface area contributed by atoms with E-state index in [0.29, 0.717) is 16.3 Å². The molecule has 8 nitrogen and oxygen atoms in total. The van der Waals surface area contributed by atoms with Crippen molar-refractivity contribution < 1.29 is 22.7 Å². The first-order chi connectivity index (χ1) is 18.4. The molecule has 0 saturated heterocycles. The molecule has 0 aliphatic carbocycles. The summed E-state index contributed by atoms with van der Waals surface area (Å²) < 4.78 is 34.0. The van der Waals surface area contributed by atoms with Crippen LogP contribution in [0.2, 0.25) is 5.02 Å². The Morgan fingerprint density at radius 3 is 2.18 bits per heavy atom. The summed E-state index contributed by atoms with van der Waals surface area (Å²) in [5, 5.41) is 3.21. The molecule has 3 rings (SSSR count). The Morgan fingerprint density at radius 2 is 1.59 bits per heavy atom. The van der Waals surface area contributed by atoms with Gasteiger partial charge in [0, 0.05) is 17.6 Å². The number of hydrogen-bond donors (Lipinski definition) is 1. The Balaban J connectivity index is 2.05. The van der Waals surface area contributed by atoms with E-state index < -0.39 is 28.5 Å². The van der Waals surface area contributed by atoms with Crippen molar-refractivity contribution in [3.63, 3.8) is 0 Å². The van der Waals surface area contributed by atoms with Crippen molar-refractivity contribution >= 4 is 39.1 Å². The number of methoxy groups -OCH3 is 1. The predicted octanol–water partition coefficient (Wildman–Crippen LogP) is 4.79. The van der Waals surface area contributed by atoms with Gasteiger partial charge in [0.25, 0.3) is 10.0 Å². The molecule has 0 saturated carbocycles. The van der Waals surface area contributed by atoms with E-state index in [1.165, 1.54) is 17.0 Å². The molecule has 39 heavy (non-hydrogen) atoms. The van der Waals surface area contributed by atoms with Gasteiger partial charge in [0.15, 0.2) is 0 Å². The van der Waals surface area contributed by atoms with Crippen LogP contribution in [0, 0.1) is 6.92 Å². The second kappa shape index (κ2) is 13.0. The molecular formula is C29H34ClN3O5S. The zero-order valence-electron chi connectivity index (χ0n) is 22.7. The van der Waals surface area contributed by atoms with E-state index in [1.54, 1.807) is 81.6 Å². The molecule has 0 radical (unpaired) electrons. The van der Waals surface area contributed by atoms with Gasteiger partial charge in [-0.3, -0.25) is 13.9 Å². The van der Waals surface area contributed by atoms with E-state index in [1.807, 2.05) is 13.8 Å². The van der Waals surface area contributed by atoms with Gasteiger partial charge in [-0.25, -0.2) is 8.42 Å². The lowest BCUT2D eigenvalue weighted by Gasteiger charge is -2.32. The Morgan fingerprint density at radius 1 is 0.949 bits per heavy atom. The van der Waals surface area contributed by atoms with Crippen LogP contribution in [0.25, 0.3) is 0 Å². The normalized spacial score (nSPS) is 12.1. The van der Waals surface area contributed by atoms with Crippen LogP contribution in [-0.4, -0.2) is 50.9 Å². The summed E-state index contributed by atoms with van der Waals surface area (Å²) in [5.41, 5.74) is 1.55. The number of benzene rings is 3. The number of hydrogen-bond acceptors (Lipinski definition) is 5. The first kappa shape index (κ1) is 30.0. The summed E-state index contributed by atoms with van der Waals surface area (Å²) in [6.07, 6.45) is 0. The molecule has 0 aliphatic heterocycles. The fourth-order valence-electron chi connectivity index (χ4n) is 4.01. The topological polar surface area (TPSA) is 96.0 Å². The minimum atomic E-state index is -4.16. The van der Waals surface area contributed by atoms with Crippen LogP contribution in [-0.2, 0) is 26.2 Å². The van der Waals surface area contributed by atoms with Gasteiger partial charge >= 0.3 is 0 Å². The van der Waals surface area contributed by atoms with E-state index in [2.05, 4.69) is 5.32 Å². The van der Waals surface area contributed by atoms with Crippen molar-refractivity contribution in [2.75, 3.05) is 18.0 Å². The lowest BCUT2D eigenvalue weighted by atomic mass is 10.1. The maximum atomic E-state index is 13.9. The summed E-state index contributed by atoms with van der Waals surface area (Å²) in [6, 6.07) is 18.9. The lowest BCUT2D eigenvalue weighted by molar-refractivity contribution is -0.139. The highest BCUT2D eigenvalue weighted by molar-refractivity contribution is 7.92. The maximum absolute atomic E-state index is 13.9. The van der Waals surface area contributed by atoms with Crippen molar-refractivity contribution in [1.82, 2.24) is 10.2 Å². The standard InChI is InChI=1S/C29H34ClN3O5S/c1-20(2)31-29(35)22(4)32(18-23-14-16-24(38-5)17-15-23)28(34)19-33(27-13-9-12-26(30)21(27)3)39(36,37)25-10-7-6-8-11-25/h6-17,20,22H,18-19H2,1-5H3,(H,31,35)/t22-/m1/s1. The summed E-state index contributed by atoms with van der Waals surface area (Å²) in [4.78, 5) is 28.3. The van der Waals surface area contributed by atoms with E-state index >= 15 is 0 Å². The van der Waals surface area contributed by atoms with Gasteiger partial charge in [-0.05, 0) is 75.2 Å². The molecule has 1 atom stereocenters. The molecule has 0 bridgehead atoms. The molecular weight excluding hydrogens is 538 g/mol. The van der Waals surface area contributed by atoms with Crippen LogP contribution in [0.15, 0.2) is 77.7 Å². The SMILES string of the molecule is COc1ccc(CN(C(=O)CN(c2cccc(Cl)c2C)S(=O)(=O)c2ccccc2)[C@H](C)C(=O)NC(C)C)cc1. The zero-order chi connectivity index (χ0) is 28.7. The number of nitrogens with one attached hydrogen (secondary N) is 1. The predicted molar refractivity (Wildman–Crippen MR) is 153 cm³/mol. The smallest absolute Gasteiger partial charge is 0.264 e. The largest absolute Gasteiger partial charge is 0.497 e. The van der Waals surface area contributed by atoms with Crippen LogP contribution in [0.4, 0.5) is 5.69 Å². The molecule has 0 heterocycles. The first-order valence-corrected chi connectivity index (χ1v) is 14.3. The van der Waals surface area contributed by atoms with E-state index in [0.717, 1.165) is 9.87 Å². The highest BCUT2D eigenvalue weighted by Crippen LogP contribution is 2.31. The minimum absolute atomic E-state index is 0.0319. The van der Waals surface area contributed by atoms with Crippen molar-refractivity contribution in [1.29, 1.82) is 0 Å². The van der Waals surface area contributed by atoms with Crippen molar-refractivity contribution in [2.45, 2.75) is 51.2 Å². The van der Waals surface area contributed by atoms with Crippen LogP contribution < -0.4 is 14.4 Å². The monoisotopic (exact) mass is 571 g/mol. The third-order valence-corrected chi connectivity index (χ3v) is 8.41. The molecule has 208 valence electrons. The van der Waals surface area contributed by atoms with Gasteiger partial charge < -0.3 is 15.0 Å². The lowest BCUT2D eigenvalue weighted by Crippen LogP contribution is -2.52. The molecule has 0 fully saturated rings. The second-order valence-electron chi connectivity index (χ2n) is 9.42. The maximum Gasteiger partial charge on any atom is 0.264 e. The Labute approximate surface area is 235 Å². The van der Waals surface area contributed by atoms with Crippen molar-refractivity contribution in [3.8, 4) is 5.75 Å². The number of rotatable bonds is 11. The van der Waals surface area contributed by atoms with Crippen LogP contribution in [0.3, 0.4) is 0 Å². The van der Waals surface area contributed by atoms with E-state index in [-0.39, 0.29) is 29.1 Å². The number of amides is 2. The minimum Gasteiger partial charge on any atom is -0.497 e. The van der Waals surface area contributed by atoms with E-state index in [9.17, 15) is 18.0 Å². The zero-order valence-corrected chi connectivity index (χ0v) is 24.3. The van der Waals surface area contributed by atoms with Gasteiger partial charge in [-0.1, -0.05) is 48.0 Å². The molecule has 2 amide bonds. The summed E-state index contributed by atoms with van der Waals surface area (Å²) in [6.45, 7) is 6.53. The Bertz CT molecular complexity index is 1400. The fourth-order valence-corrected chi connectivity index (χ4v) is 5.68. The summed E-state index contributed by atoms with van der Waals surface area (Å²) in [7, 11) is -2.60. The Hall–Kier alpha value is -3.56. The first-order valence-electron chi connectivity index (χ1n) is 12.5. The van der Waals surface area contributed by atoms with Gasteiger partial charge in [-0.2, -0.15) is 0 Å². The summed E-state index contributed by atoms with van der Waals surface area (Å²) >= 11 is 6.35. The molecule has 0 aliphatic rings. The Kier molecular flexibility index (Phi) is 9.99. The molecule has 0 aromatic heterocycles. The third-order valence-electron chi connectivity index (χ3n) is 6.23. The van der Waals surface area contributed by atoms with Gasteiger partial charge in [0.2, 0.25) is 11.8 Å².